The van der Waals surface area contributed by atoms with Crippen molar-refractivity contribution in [3.63, 3.8) is 0 Å². The molecule has 0 spiro atoms. The molecule has 0 saturated carbocycles. The standard InChI is InChI=1S/C21H22N4O3/c1-2-27-17-7-5-16(6-8-17)18-9-10-20(23-22-18)24-11-13-25(14-12-24)21(26)19-4-3-15-28-19/h3-10,15H,2,11-14H2,1H3. The lowest BCUT2D eigenvalue weighted by molar-refractivity contribution is 0.0714. The van der Waals surface area contributed by atoms with E-state index in [4.69, 9.17) is 9.15 Å². The first kappa shape index (κ1) is 18.0. The highest BCUT2D eigenvalue weighted by Crippen LogP contribution is 2.22. The van der Waals surface area contributed by atoms with Crippen LogP contribution in [0.2, 0.25) is 0 Å². The van der Waals surface area contributed by atoms with E-state index in [1.807, 2.05) is 43.3 Å². The predicted molar refractivity (Wildman–Crippen MR) is 105 cm³/mol. The van der Waals surface area contributed by atoms with E-state index in [1.54, 1.807) is 17.0 Å². The van der Waals surface area contributed by atoms with E-state index in [0.717, 1.165) is 22.8 Å². The van der Waals surface area contributed by atoms with Crippen molar-refractivity contribution in [2.75, 3.05) is 37.7 Å². The van der Waals surface area contributed by atoms with E-state index in [0.29, 0.717) is 38.5 Å². The second-order valence-corrected chi connectivity index (χ2v) is 6.49. The van der Waals surface area contributed by atoms with Crippen molar-refractivity contribution in [2.45, 2.75) is 6.92 Å². The van der Waals surface area contributed by atoms with Crippen LogP contribution in [-0.4, -0.2) is 53.8 Å². The molecular formula is C21H22N4O3. The molecule has 3 aromatic rings. The van der Waals surface area contributed by atoms with Crippen molar-refractivity contribution < 1.29 is 13.9 Å². The molecule has 144 valence electrons. The first-order valence-corrected chi connectivity index (χ1v) is 9.39. The molecule has 7 nitrogen and oxygen atoms in total. The lowest BCUT2D eigenvalue weighted by atomic mass is 10.1. The zero-order chi connectivity index (χ0) is 19.3. The quantitative estimate of drug-likeness (QED) is 0.679. The van der Waals surface area contributed by atoms with Gasteiger partial charge in [-0.15, -0.1) is 10.2 Å². The van der Waals surface area contributed by atoms with E-state index in [1.165, 1.54) is 6.26 Å². The summed E-state index contributed by atoms with van der Waals surface area (Å²) in [6.45, 7) is 5.29. The number of carbonyl (C=O) groups excluding carboxylic acids is 1. The average Bonchev–Trinajstić information content (AvgIpc) is 3.29. The maximum absolute atomic E-state index is 12.3. The molecule has 2 aromatic heterocycles. The molecule has 0 N–H and O–H groups in total. The van der Waals surface area contributed by atoms with Crippen molar-refractivity contribution in [1.29, 1.82) is 0 Å². The molecule has 0 radical (unpaired) electrons. The van der Waals surface area contributed by atoms with Gasteiger partial charge in [-0.05, 0) is 55.5 Å². The van der Waals surface area contributed by atoms with E-state index in [2.05, 4.69) is 15.1 Å². The molecule has 7 heteroatoms. The van der Waals surface area contributed by atoms with Gasteiger partial charge < -0.3 is 19.0 Å². The van der Waals surface area contributed by atoms with Crippen molar-refractivity contribution in [3.05, 3.63) is 60.6 Å². The predicted octanol–water partition coefficient (Wildman–Crippen LogP) is 3.10. The van der Waals surface area contributed by atoms with Crippen molar-refractivity contribution >= 4 is 11.7 Å². The van der Waals surface area contributed by atoms with Crippen LogP contribution in [0.15, 0.2) is 59.2 Å². The summed E-state index contributed by atoms with van der Waals surface area (Å²) in [5, 5.41) is 8.75. The zero-order valence-electron chi connectivity index (χ0n) is 15.7. The van der Waals surface area contributed by atoms with Crippen LogP contribution in [-0.2, 0) is 0 Å². The summed E-state index contributed by atoms with van der Waals surface area (Å²) < 4.78 is 10.7. The Bertz CT molecular complexity index is 900. The second kappa shape index (κ2) is 8.12. The minimum Gasteiger partial charge on any atom is -0.494 e. The Labute approximate surface area is 163 Å². The minimum atomic E-state index is -0.0680. The van der Waals surface area contributed by atoms with Gasteiger partial charge in [-0.25, -0.2) is 0 Å². The van der Waals surface area contributed by atoms with E-state index >= 15 is 0 Å². The number of piperazine rings is 1. The van der Waals surface area contributed by atoms with Crippen molar-refractivity contribution in [2.24, 2.45) is 0 Å². The molecule has 1 aliphatic heterocycles. The van der Waals surface area contributed by atoms with Crippen LogP contribution in [0.3, 0.4) is 0 Å². The minimum absolute atomic E-state index is 0.0680. The zero-order valence-corrected chi connectivity index (χ0v) is 15.7. The number of rotatable bonds is 5. The van der Waals surface area contributed by atoms with Gasteiger partial charge in [0.1, 0.15) is 5.75 Å². The third-order valence-electron chi connectivity index (χ3n) is 4.73. The van der Waals surface area contributed by atoms with Crippen LogP contribution in [0.4, 0.5) is 5.82 Å². The maximum atomic E-state index is 12.3. The van der Waals surface area contributed by atoms with Gasteiger partial charge in [0.2, 0.25) is 0 Å². The number of benzene rings is 1. The highest BCUT2D eigenvalue weighted by atomic mass is 16.5. The lowest BCUT2D eigenvalue weighted by Gasteiger charge is -2.34. The van der Waals surface area contributed by atoms with Gasteiger partial charge in [0.25, 0.3) is 5.91 Å². The van der Waals surface area contributed by atoms with Gasteiger partial charge in [0.05, 0.1) is 18.6 Å². The van der Waals surface area contributed by atoms with Gasteiger partial charge in [-0.2, -0.15) is 0 Å². The summed E-state index contributed by atoms with van der Waals surface area (Å²) in [6, 6.07) is 15.2. The van der Waals surface area contributed by atoms with Crippen LogP contribution < -0.4 is 9.64 Å². The summed E-state index contributed by atoms with van der Waals surface area (Å²) in [5.74, 6) is 1.98. The van der Waals surface area contributed by atoms with Crippen LogP contribution in [0.25, 0.3) is 11.3 Å². The Morgan fingerprint density at radius 3 is 2.43 bits per heavy atom. The largest absolute Gasteiger partial charge is 0.494 e. The molecule has 1 aliphatic rings. The van der Waals surface area contributed by atoms with E-state index in [9.17, 15) is 4.79 Å². The SMILES string of the molecule is CCOc1ccc(-c2ccc(N3CCN(C(=O)c4ccco4)CC3)nn2)cc1. The van der Waals surface area contributed by atoms with Crippen LogP contribution in [0.5, 0.6) is 5.75 Å². The topological polar surface area (TPSA) is 71.7 Å². The van der Waals surface area contributed by atoms with Gasteiger partial charge in [0, 0.05) is 31.7 Å². The lowest BCUT2D eigenvalue weighted by Crippen LogP contribution is -2.49. The fourth-order valence-electron chi connectivity index (χ4n) is 3.23. The third kappa shape index (κ3) is 3.83. The number of aromatic nitrogens is 2. The van der Waals surface area contributed by atoms with Crippen LogP contribution in [0, 0.1) is 0 Å². The molecule has 3 heterocycles. The Morgan fingerprint density at radius 1 is 1.04 bits per heavy atom. The number of nitrogens with zero attached hydrogens (tertiary/aromatic N) is 4. The Morgan fingerprint density at radius 2 is 1.82 bits per heavy atom. The third-order valence-corrected chi connectivity index (χ3v) is 4.73. The van der Waals surface area contributed by atoms with Gasteiger partial charge in [-0.1, -0.05) is 0 Å². The average molecular weight is 378 g/mol. The molecule has 1 saturated heterocycles. The van der Waals surface area contributed by atoms with Crippen LogP contribution in [0.1, 0.15) is 17.5 Å². The molecule has 1 amide bonds. The van der Waals surface area contributed by atoms with Crippen molar-refractivity contribution in [1.82, 2.24) is 15.1 Å². The van der Waals surface area contributed by atoms with E-state index in [-0.39, 0.29) is 5.91 Å². The molecule has 0 atom stereocenters. The maximum Gasteiger partial charge on any atom is 0.289 e. The van der Waals surface area contributed by atoms with Gasteiger partial charge >= 0.3 is 0 Å². The molecule has 1 fully saturated rings. The number of furan rings is 1. The fraction of sp³-hybridized carbons (Fsp3) is 0.286. The normalized spacial score (nSPS) is 14.2. The molecule has 4 rings (SSSR count). The number of hydrogen-bond donors (Lipinski definition) is 0. The number of carbonyl (C=O) groups is 1. The number of ether oxygens (including phenoxy) is 1. The fourth-order valence-corrected chi connectivity index (χ4v) is 3.23. The summed E-state index contributed by atoms with van der Waals surface area (Å²) in [7, 11) is 0. The van der Waals surface area contributed by atoms with Crippen molar-refractivity contribution in [3.8, 4) is 17.0 Å². The molecular weight excluding hydrogens is 356 g/mol. The summed E-state index contributed by atoms with van der Waals surface area (Å²) in [5.41, 5.74) is 1.81. The Hall–Kier alpha value is -3.35. The Kier molecular flexibility index (Phi) is 5.23. The number of anilines is 1. The first-order valence-electron chi connectivity index (χ1n) is 9.39. The first-order chi connectivity index (χ1) is 13.7. The summed E-state index contributed by atoms with van der Waals surface area (Å²) in [4.78, 5) is 16.3. The summed E-state index contributed by atoms with van der Waals surface area (Å²) >= 11 is 0. The molecule has 28 heavy (non-hydrogen) atoms. The number of hydrogen-bond acceptors (Lipinski definition) is 6. The summed E-state index contributed by atoms with van der Waals surface area (Å²) in [6.07, 6.45) is 1.52. The number of amides is 1. The van der Waals surface area contributed by atoms with E-state index < -0.39 is 0 Å². The smallest absolute Gasteiger partial charge is 0.289 e. The molecule has 1 aromatic carbocycles. The highest BCUT2D eigenvalue weighted by molar-refractivity contribution is 5.91. The van der Waals surface area contributed by atoms with Gasteiger partial charge in [-0.3, -0.25) is 4.79 Å². The second-order valence-electron chi connectivity index (χ2n) is 6.49. The molecule has 0 bridgehead atoms. The molecule has 0 aliphatic carbocycles. The highest BCUT2D eigenvalue weighted by Gasteiger charge is 2.24. The van der Waals surface area contributed by atoms with Gasteiger partial charge in [0.15, 0.2) is 11.6 Å². The molecule has 0 unspecified atom stereocenters. The monoisotopic (exact) mass is 378 g/mol. The van der Waals surface area contributed by atoms with Crippen LogP contribution >= 0.6 is 0 Å². The Balaban J connectivity index is 1.37.